The van der Waals surface area contributed by atoms with Gasteiger partial charge in [0, 0.05) is 35.1 Å². The molecular formula is C19H27N5. The fraction of sp³-hybridized carbons (Fsp3) is 0.474. The molecule has 3 aromatic rings. The van der Waals surface area contributed by atoms with E-state index in [0.717, 1.165) is 11.2 Å². The highest BCUT2D eigenvalue weighted by molar-refractivity contribution is 5.93. The number of hydrogen-bond acceptors (Lipinski definition) is 3. The lowest BCUT2D eigenvalue weighted by atomic mass is 9.84. The zero-order valence-electron chi connectivity index (χ0n) is 14.5. The van der Waals surface area contributed by atoms with Gasteiger partial charge >= 0.3 is 0 Å². The highest BCUT2D eigenvalue weighted by atomic mass is 15.1. The number of fused-ring (bicyclic) bond motifs is 1. The van der Waals surface area contributed by atoms with Crippen LogP contribution in [0.2, 0.25) is 0 Å². The number of aromatic nitrogens is 4. The Morgan fingerprint density at radius 2 is 1.88 bits per heavy atom. The Balaban J connectivity index is 0.000000383. The summed E-state index contributed by atoms with van der Waals surface area (Å²) in [6, 6.07) is 2.65. The Morgan fingerprint density at radius 3 is 2.54 bits per heavy atom. The monoisotopic (exact) mass is 325 g/mol. The van der Waals surface area contributed by atoms with Crippen LogP contribution in [0.1, 0.15) is 57.4 Å². The smallest absolute Gasteiger partial charge is 0.137 e. The fourth-order valence-electron chi connectivity index (χ4n) is 3.32. The van der Waals surface area contributed by atoms with E-state index in [2.05, 4.69) is 26.2 Å². The second kappa shape index (κ2) is 7.62. The summed E-state index contributed by atoms with van der Waals surface area (Å²) in [5, 5.41) is 8.12. The van der Waals surface area contributed by atoms with Gasteiger partial charge in [0.1, 0.15) is 5.65 Å². The first kappa shape index (κ1) is 16.7. The molecule has 0 saturated heterocycles. The highest BCUT2D eigenvalue weighted by Crippen LogP contribution is 2.35. The molecule has 0 amide bonds. The summed E-state index contributed by atoms with van der Waals surface area (Å²) in [5.74, 6) is 0.688. The van der Waals surface area contributed by atoms with Crippen LogP contribution in [-0.4, -0.2) is 26.2 Å². The van der Waals surface area contributed by atoms with E-state index in [1.54, 1.807) is 0 Å². The van der Waals surface area contributed by atoms with E-state index >= 15 is 0 Å². The topological polar surface area (TPSA) is 83.4 Å². The van der Waals surface area contributed by atoms with E-state index in [0.29, 0.717) is 12.0 Å². The minimum Gasteiger partial charge on any atom is -0.346 e. The molecule has 1 aliphatic rings. The van der Waals surface area contributed by atoms with E-state index in [-0.39, 0.29) is 0 Å². The average molecular weight is 325 g/mol. The molecule has 0 spiro atoms. The summed E-state index contributed by atoms with van der Waals surface area (Å²) in [5.41, 5.74) is 9.75. The Morgan fingerprint density at radius 1 is 1.12 bits per heavy atom. The van der Waals surface area contributed by atoms with Crippen molar-refractivity contribution in [3.63, 3.8) is 0 Å². The van der Waals surface area contributed by atoms with E-state index in [1.165, 1.54) is 48.6 Å². The molecule has 1 aliphatic carbocycles. The lowest BCUT2D eigenvalue weighted by molar-refractivity contribution is 0.443. The summed E-state index contributed by atoms with van der Waals surface area (Å²) in [4.78, 5) is 7.85. The first-order valence-electron chi connectivity index (χ1n) is 8.87. The Hall–Kier alpha value is -2.14. The third-order valence-electron chi connectivity index (χ3n) is 4.44. The number of H-pyrrole nitrogens is 2. The molecule has 0 aliphatic heterocycles. The highest BCUT2D eigenvalue weighted by Gasteiger charge is 2.17. The first-order valence-corrected chi connectivity index (χ1v) is 8.87. The summed E-state index contributed by atoms with van der Waals surface area (Å²) in [7, 11) is 0. The van der Waals surface area contributed by atoms with Crippen LogP contribution in [0.15, 0.2) is 30.9 Å². The van der Waals surface area contributed by atoms with Gasteiger partial charge in [-0.05, 0) is 36.4 Å². The van der Waals surface area contributed by atoms with Crippen LogP contribution in [0, 0.1) is 0 Å². The second-order valence-electron chi connectivity index (χ2n) is 6.93. The predicted molar refractivity (Wildman–Crippen MR) is 98.8 cm³/mol. The van der Waals surface area contributed by atoms with Gasteiger partial charge in [0.2, 0.25) is 0 Å². The van der Waals surface area contributed by atoms with Crippen molar-refractivity contribution in [2.45, 2.75) is 57.9 Å². The van der Waals surface area contributed by atoms with E-state index < -0.39 is 0 Å². The Bertz CT molecular complexity index is 749. The van der Waals surface area contributed by atoms with Crippen molar-refractivity contribution < 1.29 is 0 Å². The maximum absolute atomic E-state index is 5.11. The summed E-state index contributed by atoms with van der Waals surface area (Å²) in [6.45, 7) is 3.89. The number of nitrogens with two attached hydrogens (primary N) is 1. The number of aromatic amines is 2. The zero-order chi connectivity index (χ0) is 16.9. The van der Waals surface area contributed by atoms with Gasteiger partial charge in [0.05, 0.1) is 6.20 Å². The fourth-order valence-corrected chi connectivity index (χ4v) is 3.32. The largest absolute Gasteiger partial charge is 0.346 e. The summed E-state index contributed by atoms with van der Waals surface area (Å²) in [6.07, 6.45) is 14.6. The third-order valence-corrected chi connectivity index (χ3v) is 4.44. The first-order chi connectivity index (χ1) is 11.6. The van der Waals surface area contributed by atoms with Crippen molar-refractivity contribution >= 4 is 11.0 Å². The van der Waals surface area contributed by atoms with Crippen LogP contribution in [0.25, 0.3) is 22.2 Å². The van der Waals surface area contributed by atoms with Gasteiger partial charge in [0.25, 0.3) is 0 Å². The standard InChI is InChI=1S/C16H18N4.C3H9N/c1-2-4-11(5-3-1)12-6-14-15(13-8-19-20-9-13)10-18-16(14)17-7-12;1-3(2)4/h6-11H,1-5H2,(H,17,18)(H,19,20);3H,4H2,1-2H3. The molecule has 1 fully saturated rings. The van der Waals surface area contributed by atoms with Crippen LogP contribution < -0.4 is 5.73 Å². The van der Waals surface area contributed by atoms with Crippen molar-refractivity contribution in [2.24, 2.45) is 5.73 Å². The number of nitrogens with zero attached hydrogens (tertiary/aromatic N) is 2. The van der Waals surface area contributed by atoms with Gasteiger partial charge in [0.15, 0.2) is 0 Å². The zero-order valence-corrected chi connectivity index (χ0v) is 14.5. The molecular weight excluding hydrogens is 298 g/mol. The number of hydrogen-bond donors (Lipinski definition) is 3. The van der Waals surface area contributed by atoms with Gasteiger partial charge in [-0.2, -0.15) is 5.10 Å². The molecule has 3 heterocycles. The summed E-state index contributed by atoms with van der Waals surface area (Å²) >= 11 is 0. The van der Waals surface area contributed by atoms with Crippen molar-refractivity contribution in [3.05, 3.63) is 36.4 Å². The van der Waals surface area contributed by atoms with E-state index in [1.807, 2.05) is 38.6 Å². The van der Waals surface area contributed by atoms with Gasteiger partial charge in [-0.1, -0.05) is 33.1 Å². The van der Waals surface area contributed by atoms with Crippen LogP contribution in [0.5, 0.6) is 0 Å². The third kappa shape index (κ3) is 3.85. The second-order valence-corrected chi connectivity index (χ2v) is 6.93. The van der Waals surface area contributed by atoms with Gasteiger partial charge in [-0.15, -0.1) is 0 Å². The lowest BCUT2D eigenvalue weighted by Crippen LogP contribution is -2.06. The number of nitrogens with one attached hydrogen (secondary N) is 2. The Labute approximate surface area is 143 Å². The maximum Gasteiger partial charge on any atom is 0.137 e. The molecule has 0 atom stereocenters. The molecule has 4 rings (SSSR count). The van der Waals surface area contributed by atoms with Crippen LogP contribution in [0.3, 0.4) is 0 Å². The molecule has 3 aromatic heterocycles. The van der Waals surface area contributed by atoms with Crippen molar-refractivity contribution in [3.8, 4) is 11.1 Å². The average Bonchev–Trinajstić information content (AvgIpc) is 3.23. The molecule has 0 unspecified atom stereocenters. The van der Waals surface area contributed by atoms with Crippen LogP contribution in [-0.2, 0) is 0 Å². The van der Waals surface area contributed by atoms with Crippen molar-refractivity contribution in [1.29, 1.82) is 0 Å². The SMILES string of the molecule is CC(C)N.c1n[nH]cc1-c1c[nH]c2ncc(C3CCCCC3)cc12. The molecule has 0 bridgehead atoms. The predicted octanol–water partition coefficient (Wildman–Crippen LogP) is 4.35. The number of pyridine rings is 1. The molecule has 1 saturated carbocycles. The normalized spacial score (nSPS) is 15.5. The summed E-state index contributed by atoms with van der Waals surface area (Å²) < 4.78 is 0. The molecule has 0 radical (unpaired) electrons. The Kier molecular flexibility index (Phi) is 5.30. The lowest BCUT2D eigenvalue weighted by Gasteiger charge is -2.21. The minimum atomic E-state index is 0.333. The molecule has 0 aromatic carbocycles. The van der Waals surface area contributed by atoms with Crippen molar-refractivity contribution in [2.75, 3.05) is 0 Å². The van der Waals surface area contributed by atoms with Gasteiger partial charge < -0.3 is 10.7 Å². The maximum atomic E-state index is 5.11. The van der Waals surface area contributed by atoms with Crippen LogP contribution in [0.4, 0.5) is 0 Å². The van der Waals surface area contributed by atoms with E-state index in [4.69, 9.17) is 5.73 Å². The molecule has 4 N–H and O–H groups in total. The quantitative estimate of drug-likeness (QED) is 0.655. The van der Waals surface area contributed by atoms with Crippen molar-refractivity contribution in [1.82, 2.24) is 20.2 Å². The molecule has 24 heavy (non-hydrogen) atoms. The van der Waals surface area contributed by atoms with Crippen LogP contribution >= 0.6 is 0 Å². The molecule has 128 valence electrons. The molecule has 5 nitrogen and oxygen atoms in total. The van der Waals surface area contributed by atoms with E-state index in [9.17, 15) is 0 Å². The van der Waals surface area contributed by atoms with Gasteiger partial charge in [-0.25, -0.2) is 4.98 Å². The number of rotatable bonds is 2. The molecule has 5 heteroatoms. The van der Waals surface area contributed by atoms with Gasteiger partial charge in [-0.3, -0.25) is 5.10 Å². The minimum absolute atomic E-state index is 0.333.